The van der Waals surface area contributed by atoms with E-state index in [0.717, 1.165) is 25.8 Å². The Bertz CT molecular complexity index is 679. The van der Waals surface area contributed by atoms with Crippen LogP contribution in [0.1, 0.15) is 11.1 Å². The zero-order chi connectivity index (χ0) is 15.9. The fraction of sp³-hybridized carbons (Fsp3) is 0.118. The molecule has 0 spiro atoms. The summed E-state index contributed by atoms with van der Waals surface area (Å²) in [5.41, 5.74) is 1.97. The first-order valence-corrected chi connectivity index (χ1v) is 8.10. The number of carbonyl (C=O) groups is 1. The van der Waals surface area contributed by atoms with Gasteiger partial charge in [0, 0.05) is 10.5 Å². The van der Waals surface area contributed by atoms with Crippen LogP contribution in [0.15, 0.2) is 57.5 Å². The molecule has 3 nitrogen and oxygen atoms in total. The van der Waals surface area contributed by atoms with Crippen molar-refractivity contribution in [1.82, 2.24) is 0 Å². The standard InChI is InChI=1S/C17H14Br2O3/c1-21-17(20)9-5-12-4-8-16(15(19)10-12)22-11-13-2-6-14(18)7-3-13/h2-10H,11H2,1H3/b9-5+. The Kier molecular flexibility index (Phi) is 6.21. The van der Waals surface area contributed by atoms with E-state index in [1.54, 1.807) is 6.08 Å². The van der Waals surface area contributed by atoms with Gasteiger partial charge in [0.2, 0.25) is 0 Å². The lowest BCUT2D eigenvalue weighted by Gasteiger charge is -2.09. The van der Waals surface area contributed by atoms with Crippen molar-refractivity contribution in [2.24, 2.45) is 0 Å². The fourth-order valence-corrected chi connectivity index (χ4v) is 2.49. The third-order valence-electron chi connectivity index (χ3n) is 2.88. The number of ether oxygens (including phenoxy) is 2. The molecular formula is C17H14Br2O3. The summed E-state index contributed by atoms with van der Waals surface area (Å²) in [4.78, 5) is 11.1. The maximum atomic E-state index is 11.1. The van der Waals surface area contributed by atoms with Gasteiger partial charge < -0.3 is 9.47 Å². The predicted molar refractivity (Wildman–Crippen MR) is 93.7 cm³/mol. The number of esters is 1. The van der Waals surface area contributed by atoms with Gasteiger partial charge in [-0.05, 0) is 57.4 Å². The van der Waals surface area contributed by atoms with Crippen molar-refractivity contribution >= 4 is 43.9 Å². The zero-order valence-electron chi connectivity index (χ0n) is 11.9. The molecule has 2 aromatic carbocycles. The first kappa shape index (κ1) is 16.8. The van der Waals surface area contributed by atoms with Gasteiger partial charge in [-0.3, -0.25) is 0 Å². The number of hydrogen-bond acceptors (Lipinski definition) is 3. The number of hydrogen-bond donors (Lipinski definition) is 0. The predicted octanol–water partition coefficient (Wildman–Crippen LogP) is 4.98. The molecular weight excluding hydrogens is 412 g/mol. The Labute approximate surface area is 146 Å². The Morgan fingerprint density at radius 1 is 1.14 bits per heavy atom. The highest BCUT2D eigenvalue weighted by Crippen LogP contribution is 2.27. The molecule has 2 rings (SSSR count). The molecule has 2 aromatic rings. The summed E-state index contributed by atoms with van der Waals surface area (Å²) in [5, 5.41) is 0. The average Bonchev–Trinajstić information content (AvgIpc) is 2.53. The largest absolute Gasteiger partial charge is 0.488 e. The van der Waals surface area contributed by atoms with Crippen molar-refractivity contribution in [3.8, 4) is 5.75 Å². The van der Waals surface area contributed by atoms with E-state index in [9.17, 15) is 4.79 Å². The van der Waals surface area contributed by atoms with E-state index in [1.165, 1.54) is 13.2 Å². The van der Waals surface area contributed by atoms with E-state index >= 15 is 0 Å². The van der Waals surface area contributed by atoms with Gasteiger partial charge >= 0.3 is 5.97 Å². The van der Waals surface area contributed by atoms with Crippen molar-refractivity contribution in [3.05, 3.63) is 68.6 Å². The molecule has 0 N–H and O–H groups in total. The lowest BCUT2D eigenvalue weighted by Crippen LogP contribution is -1.96. The quantitative estimate of drug-likeness (QED) is 0.500. The van der Waals surface area contributed by atoms with Crippen molar-refractivity contribution in [3.63, 3.8) is 0 Å². The number of rotatable bonds is 5. The average molecular weight is 426 g/mol. The van der Waals surface area contributed by atoms with E-state index in [-0.39, 0.29) is 5.97 Å². The van der Waals surface area contributed by atoms with E-state index in [0.29, 0.717) is 6.61 Å². The van der Waals surface area contributed by atoms with E-state index in [1.807, 2.05) is 42.5 Å². The second-order valence-electron chi connectivity index (χ2n) is 4.46. The molecule has 0 atom stereocenters. The van der Waals surface area contributed by atoms with Crippen LogP contribution in [-0.4, -0.2) is 13.1 Å². The van der Waals surface area contributed by atoms with Crippen LogP contribution >= 0.6 is 31.9 Å². The first-order chi connectivity index (χ1) is 10.6. The van der Waals surface area contributed by atoms with Crippen molar-refractivity contribution in [1.29, 1.82) is 0 Å². The molecule has 22 heavy (non-hydrogen) atoms. The van der Waals surface area contributed by atoms with Crippen molar-refractivity contribution < 1.29 is 14.3 Å². The van der Waals surface area contributed by atoms with Gasteiger partial charge in [-0.15, -0.1) is 0 Å². The molecule has 0 bridgehead atoms. The number of carbonyl (C=O) groups excluding carboxylic acids is 1. The van der Waals surface area contributed by atoms with Crippen molar-refractivity contribution in [2.75, 3.05) is 7.11 Å². The molecule has 0 saturated heterocycles. The second kappa shape index (κ2) is 8.15. The summed E-state index contributed by atoms with van der Waals surface area (Å²) in [6, 6.07) is 13.6. The zero-order valence-corrected chi connectivity index (χ0v) is 15.1. The minimum absolute atomic E-state index is 0.383. The van der Waals surface area contributed by atoms with Crippen LogP contribution in [0.2, 0.25) is 0 Å². The third kappa shape index (κ3) is 5.00. The lowest BCUT2D eigenvalue weighted by molar-refractivity contribution is -0.134. The monoisotopic (exact) mass is 424 g/mol. The van der Waals surface area contributed by atoms with Gasteiger partial charge in [-0.25, -0.2) is 4.79 Å². The SMILES string of the molecule is COC(=O)/C=C/c1ccc(OCc2ccc(Br)cc2)c(Br)c1. The number of benzene rings is 2. The first-order valence-electron chi connectivity index (χ1n) is 6.51. The molecule has 0 amide bonds. The van der Waals surface area contributed by atoms with Gasteiger partial charge in [0.1, 0.15) is 12.4 Å². The van der Waals surface area contributed by atoms with Gasteiger partial charge in [-0.1, -0.05) is 34.1 Å². The molecule has 5 heteroatoms. The summed E-state index contributed by atoms with van der Waals surface area (Å²) in [7, 11) is 1.35. The van der Waals surface area contributed by atoms with Crippen LogP contribution in [0, 0.1) is 0 Å². The van der Waals surface area contributed by atoms with Crippen LogP contribution in [0.3, 0.4) is 0 Å². The highest BCUT2D eigenvalue weighted by Gasteiger charge is 2.03. The van der Waals surface area contributed by atoms with Crippen LogP contribution in [0.4, 0.5) is 0 Å². The molecule has 0 aliphatic rings. The second-order valence-corrected chi connectivity index (χ2v) is 6.23. The molecule has 0 aromatic heterocycles. The van der Waals surface area contributed by atoms with Crippen LogP contribution in [0.25, 0.3) is 6.08 Å². The molecule has 0 aliphatic carbocycles. The van der Waals surface area contributed by atoms with E-state index < -0.39 is 0 Å². The minimum atomic E-state index is -0.383. The summed E-state index contributed by atoms with van der Waals surface area (Å²) < 4.78 is 12.2. The maximum absolute atomic E-state index is 11.1. The Balaban J connectivity index is 2.02. The van der Waals surface area contributed by atoms with E-state index in [2.05, 4.69) is 36.6 Å². The summed E-state index contributed by atoms with van der Waals surface area (Å²) >= 11 is 6.88. The topological polar surface area (TPSA) is 35.5 Å². The Morgan fingerprint density at radius 3 is 2.50 bits per heavy atom. The number of halogens is 2. The lowest BCUT2D eigenvalue weighted by atomic mass is 10.2. The van der Waals surface area contributed by atoms with Gasteiger partial charge in [-0.2, -0.15) is 0 Å². The van der Waals surface area contributed by atoms with Crippen molar-refractivity contribution in [2.45, 2.75) is 6.61 Å². The Hall–Kier alpha value is -1.59. The highest BCUT2D eigenvalue weighted by molar-refractivity contribution is 9.10. The molecule has 0 heterocycles. The maximum Gasteiger partial charge on any atom is 0.330 e. The molecule has 0 unspecified atom stereocenters. The summed E-state index contributed by atoms with van der Waals surface area (Å²) in [6.07, 6.45) is 3.07. The van der Waals surface area contributed by atoms with Gasteiger partial charge in [0.25, 0.3) is 0 Å². The molecule has 0 saturated carbocycles. The smallest absolute Gasteiger partial charge is 0.330 e. The summed E-state index contributed by atoms with van der Waals surface area (Å²) in [6.45, 7) is 0.489. The van der Waals surface area contributed by atoms with E-state index in [4.69, 9.17) is 4.74 Å². The minimum Gasteiger partial charge on any atom is -0.488 e. The van der Waals surface area contributed by atoms with Gasteiger partial charge in [0.15, 0.2) is 0 Å². The summed E-state index contributed by atoms with van der Waals surface area (Å²) in [5.74, 6) is 0.366. The normalized spacial score (nSPS) is 10.7. The molecule has 114 valence electrons. The molecule has 0 fully saturated rings. The van der Waals surface area contributed by atoms with Crippen LogP contribution < -0.4 is 4.74 Å². The van der Waals surface area contributed by atoms with Crippen LogP contribution in [0.5, 0.6) is 5.75 Å². The molecule has 0 radical (unpaired) electrons. The fourth-order valence-electron chi connectivity index (χ4n) is 1.71. The highest BCUT2D eigenvalue weighted by atomic mass is 79.9. The molecule has 0 aliphatic heterocycles. The van der Waals surface area contributed by atoms with Crippen LogP contribution in [-0.2, 0) is 16.1 Å². The number of methoxy groups -OCH3 is 1. The third-order valence-corrected chi connectivity index (χ3v) is 4.02. The Morgan fingerprint density at radius 2 is 1.86 bits per heavy atom. The van der Waals surface area contributed by atoms with Gasteiger partial charge in [0.05, 0.1) is 11.6 Å².